The van der Waals surface area contributed by atoms with Crippen LogP contribution in [-0.4, -0.2) is 51.4 Å². The molecule has 0 fully saturated rings. The maximum Gasteiger partial charge on any atom is 0.264 e. The third-order valence-corrected chi connectivity index (χ3v) is 8.50. The van der Waals surface area contributed by atoms with Gasteiger partial charge in [0.1, 0.15) is 18.3 Å². The van der Waals surface area contributed by atoms with Gasteiger partial charge < -0.3 is 15.0 Å². The van der Waals surface area contributed by atoms with Gasteiger partial charge in [0.05, 0.1) is 17.7 Å². The first kappa shape index (κ1) is 30.2. The lowest BCUT2D eigenvalue weighted by Crippen LogP contribution is -2.51. The Morgan fingerprint density at radius 2 is 1.69 bits per heavy atom. The largest absolute Gasteiger partial charge is 0.495 e. The highest BCUT2D eigenvalue weighted by Crippen LogP contribution is 2.33. The van der Waals surface area contributed by atoms with Crippen molar-refractivity contribution in [2.24, 2.45) is 0 Å². The molecular weight excluding hydrogens is 582 g/mol. The molecule has 0 heterocycles. The molecule has 0 saturated carbocycles. The fourth-order valence-electron chi connectivity index (χ4n) is 3.99. The molecule has 0 aromatic heterocycles. The van der Waals surface area contributed by atoms with E-state index in [1.54, 1.807) is 43.3 Å². The third kappa shape index (κ3) is 7.60. The Bertz CT molecular complexity index is 1380. The Labute approximate surface area is 239 Å². The van der Waals surface area contributed by atoms with Crippen LogP contribution in [0, 0.1) is 6.92 Å². The van der Waals surface area contributed by atoms with Gasteiger partial charge in [-0.1, -0.05) is 59.3 Å². The second kappa shape index (κ2) is 13.6. The van der Waals surface area contributed by atoms with Crippen molar-refractivity contribution < 1.29 is 22.7 Å². The summed E-state index contributed by atoms with van der Waals surface area (Å²) in [6.07, 6.45) is 0.745. The molecule has 8 nitrogen and oxygen atoms in total. The number of nitrogens with one attached hydrogen (secondary N) is 1. The van der Waals surface area contributed by atoms with Crippen molar-refractivity contribution in [3.8, 4) is 5.75 Å². The van der Waals surface area contributed by atoms with E-state index in [-0.39, 0.29) is 23.0 Å². The maximum atomic E-state index is 14.0. The van der Waals surface area contributed by atoms with E-state index in [1.165, 1.54) is 24.1 Å². The molecule has 0 bridgehead atoms. The van der Waals surface area contributed by atoms with Crippen LogP contribution < -0.4 is 14.4 Å². The van der Waals surface area contributed by atoms with Crippen LogP contribution in [0.15, 0.2) is 82.2 Å². The first-order valence-corrected chi connectivity index (χ1v) is 14.9. The molecule has 0 spiro atoms. The van der Waals surface area contributed by atoms with Crippen molar-refractivity contribution in [1.82, 2.24) is 10.2 Å². The predicted octanol–water partition coefficient (Wildman–Crippen LogP) is 4.90. The second-order valence-corrected chi connectivity index (χ2v) is 11.9. The predicted molar refractivity (Wildman–Crippen MR) is 156 cm³/mol. The molecule has 0 saturated heterocycles. The van der Waals surface area contributed by atoms with Gasteiger partial charge in [-0.15, -0.1) is 0 Å². The van der Waals surface area contributed by atoms with Crippen molar-refractivity contribution in [3.05, 3.63) is 88.4 Å². The molecule has 39 heavy (non-hydrogen) atoms. The molecular formula is C29H34BrN3O5S. The molecule has 10 heteroatoms. The summed E-state index contributed by atoms with van der Waals surface area (Å²) in [5, 5.41) is 2.84. The summed E-state index contributed by atoms with van der Waals surface area (Å²) >= 11 is 3.41. The number of carbonyl (C=O) groups excluding carboxylic acids is 2. The van der Waals surface area contributed by atoms with Crippen LogP contribution >= 0.6 is 15.9 Å². The highest BCUT2D eigenvalue weighted by molar-refractivity contribution is 9.10. The average Bonchev–Trinajstić information content (AvgIpc) is 2.94. The van der Waals surface area contributed by atoms with E-state index in [2.05, 4.69) is 21.2 Å². The maximum absolute atomic E-state index is 14.0. The summed E-state index contributed by atoms with van der Waals surface area (Å²) in [6, 6.07) is 19.6. The molecule has 0 aliphatic rings. The molecule has 1 atom stereocenters. The van der Waals surface area contributed by atoms with Crippen LogP contribution in [0.2, 0.25) is 0 Å². The second-order valence-electron chi connectivity index (χ2n) is 9.12. The smallest absolute Gasteiger partial charge is 0.264 e. The van der Waals surface area contributed by atoms with Crippen LogP contribution in [-0.2, 0) is 26.2 Å². The SMILES string of the molecule is CCCNC(=O)C(C)N(Cc1ccc(Br)cc1)C(=O)CN(c1cc(C)ccc1OC)S(=O)(=O)c1ccccc1. The van der Waals surface area contributed by atoms with Crippen molar-refractivity contribution in [2.75, 3.05) is 24.5 Å². The molecule has 0 aliphatic carbocycles. The van der Waals surface area contributed by atoms with Crippen molar-refractivity contribution in [2.45, 2.75) is 44.7 Å². The van der Waals surface area contributed by atoms with Gasteiger partial charge >= 0.3 is 0 Å². The standard InChI is InChI=1S/C29H34BrN3O5S/c1-5-17-31-29(35)22(3)32(19-23-12-14-24(30)15-13-23)28(34)20-33(26-18-21(2)11-16-27(26)38-4)39(36,37)25-9-7-6-8-10-25/h6-16,18,22H,5,17,19-20H2,1-4H3,(H,31,35). The van der Waals surface area contributed by atoms with E-state index in [0.29, 0.717) is 12.3 Å². The summed E-state index contributed by atoms with van der Waals surface area (Å²) in [4.78, 5) is 28.4. The number of aryl methyl sites for hydroxylation is 1. The Balaban J connectivity index is 2.07. The molecule has 0 radical (unpaired) electrons. The van der Waals surface area contributed by atoms with Gasteiger partial charge in [-0.25, -0.2) is 8.42 Å². The van der Waals surface area contributed by atoms with Crippen LogP contribution in [0.3, 0.4) is 0 Å². The van der Waals surface area contributed by atoms with Crippen LogP contribution in [0.1, 0.15) is 31.4 Å². The topological polar surface area (TPSA) is 96.0 Å². The lowest BCUT2D eigenvalue weighted by atomic mass is 10.1. The monoisotopic (exact) mass is 615 g/mol. The number of nitrogens with zero attached hydrogens (tertiary/aromatic N) is 2. The van der Waals surface area contributed by atoms with E-state index < -0.39 is 28.5 Å². The van der Waals surface area contributed by atoms with E-state index in [1.807, 2.05) is 38.1 Å². The molecule has 2 amide bonds. The average molecular weight is 617 g/mol. The number of ether oxygens (including phenoxy) is 1. The highest BCUT2D eigenvalue weighted by Gasteiger charge is 2.33. The van der Waals surface area contributed by atoms with Crippen molar-refractivity contribution in [3.63, 3.8) is 0 Å². The number of methoxy groups -OCH3 is 1. The van der Waals surface area contributed by atoms with Crippen LogP contribution in [0.25, 0.3) is 0 Å². The zero-order valence-corrected chi connectivity index (χ0v) is 25.0. The van der Waals surface area contributed by atoms with E-state index in [9.17, 15) is 18.0 Å². The number of carbonyl (C=O) groups is 2. The zero-order chi connectivity index (χ0) is 28.6. The van der Waals surface area contributed by atoms with Gasteiger partial charge in [0.15, 0.2) is 0 Å². The van der Waals surface area contributed by atoms with Crippen molar-refractivity contribution >= 4 is 43.5 Å². The number of sulfonamides is 1. The van der Waals surface area contributed by atoms with Gasteiger partial charge in [0, 0.05) is 17.6 Å². The van der Waals surface area contributed by atoms with Gasteiger partial charge in [0.25, 0.3) is 10.0 Å². The molecule has 1 unspecified atom stereocenters. The Hall–Kier alpha value is -3.37. The Morgan fingerprint density at radius 1 is 1.03 bits per heavy atom. The first-order valence-electron chi connectivity index (χ1n) is 12.6. The lowest BCUT2D eigenvalue weighted by Gasteiger charge is -2.32. The minimum Gasteiger partial charge on any atom is -0.495 e. The summed E-state index contributed by atoms with van der Waals surface area (Å²) in [6.45, 7) is 5.48. The summed E-state index contributed by atoms with van der Waals surface area (Å²) in [5.74, 6) is -0.533. The number of hydrogen-bond acceptors (Lipinski definition) is 5. The lowest BCUT2D eigenvalue weighted by molar-refractivity contribution is -0.139. The summed E-state index contributed by atoms with van der Waals surface area (Å²) in [5.41, 5.74) is 1.83. The number of hydrogen-bond donors (Lipinski definition) is 1. The fraction of sp³-hybridized carbons (Fsp3) is 0.310. The summed E-state index contributed by atoms with van der Waals surface area (Å²) < 4.78 is 35.3. The van der Waals surface area contributed by atoms with Gasteiger partial charge in [-0.3, -0.25) is 13.9 Å². The molecule has 3 aromatic rings. The van der Waals surface area contributed by atoms with Crippen LogP contribution in [0.5, 0.6) is 5.75 Å². The fourth-order valence-corrected chi connectivity index (χ4v) is 5.69. The normalized spacial score (nSPS) is 11.9. The third-order valence-electron chi connectivity index (χ3n) is 6.20. The van der Waals surface area contributed by atoms with E-state index >= 15 is 0 Å². The number of halogens is 1. The van der Waals surface area contributed by atoms with Crippen molar-refractivity contribution in [1.29, 1.82) is 0 Å². The summed E-state index contributed by atoms with van der Waals surface area (Å²) in [7, 11) is -2.72. The van der Waals surface area contributed by atoms with E-state index in [4.69, 9.17) is 4.74 Å². The molecule has 3 aromatic carbocycles. The molecule has 208 valence electrons. The van der Waals surface area contributed by atoms with Crippen LogP contribution in [0.4, 0.5) is 5.69 Å². The zero-order valence-electron chi connectivity index (χ0n) is 22.6. The first-order chi connectivity index (χ1) is 18.6. The van der Waals surface area contributed by atoms with Gasteiger partial charge in [-0.05, 0) is 67.8 Å². The number of rotatable bonds is 12. The molecule has 0 aliphatic heterocycles. The van der Waals surface area contributed by atoms with Gasteiger partial charge in [0.2, 0.25) is 11.8 Å². The number of benzene rings is 3. The highest BCUT2D eigenvalue weighted by atomic mass is 79.9. The Kier molecular flexibility index (Phi) is 10.5. The minimum atomic E-state index is -4.17. The Morgan fingerprint density at radius 3 is 2.31 bits per heavy atom. The molecule has 1 N–H and O–H groups in total. The van der Waals surface area contributed by atoms with Gasteiger partial charge in [-0.2, -0.15) is 0 Å². The molecule has 3 rings (SSSR count). The quantitative estimate of drug-likeness (QED) is 0.312. The number of amides is 2. The minimum absolute atomic E-state index is 0.0366. The number of anilines is 1. The van der Waals surface area contributed by atoms with E-state index in [0.717, 1.165) is 26.3 Å².